The Kier molecular flexibility index (Phi) is 5.73. The van der Waals surface area contributed by atoms with Crippen molar-refractivity contribution in [2.45, 2.75) is 6.54 Å². The maximum Gasteiger partial charge on any atom is 0.335 e. The Balaban J connectivity index is 1.81. The van der Waals surface area contributed by atoms with E-state index in [2.05, 4.69) is 20.8 Å². The molecule has 24 heavy (non-hydrogen) atoms. The standard InChI is InChI=1S/C16H14N4O4/c21-14(18-9-12-5-7-17-8-6-12)15(22)20-19-10-11-1-3-13(4-2-11)16(23)24/h1-8,10H,9H2,(H,18,21)(H,20,22)(H,23,24)/b19-10-. The molecule has 0 radical (unpaired) electrons. The molecule has 0 bridgehead atoms. The van der Waals surface area contributed by atoms with E-state index in [9.17, 15) is 14.4 Å². The van der Waals surface area contributed by atoms with E-state index < -0.39 is 17.8 Å². The van der Waals surface area contributed by atoms with Crippen molar-refractivity contribution in [1.82, 2.24) is 15.7 Å². The van der Waals surface area contributed by atoms with Gasteiger partial charge in [-0.05, 0) is 35.4 Å². The Morgan fingerprint density at radius 3 is 2.33 bits per heavy atom. The molecule has 0 atom stereocenters. The van der Waals surface area contributed by atoms with Crippen molar-refractivity contribution in [3.8, 4) is 0 Å². The lowest BCUT2D eigenvalue weighted by atomic mass is 10.1. The quantitative estimate of drug-likeness (QED) is 0.421. The van der Waals surface area contributed by atoms with Crippen LogP contribution in [0.3, 0.4) is 0 Å². The van der Waals surface area contributed by atoms with Crippen LogP contribution in [0.1, 0.15) is 21.5 Å². The third-order valence-corrected chi connectivity index (χ3v) is 2.95. The van der Waals surface area contributed by atoms with Crippen LogP contribution in [-0.4, -0.2) is 34.1 Å². The lowest BCUT2D eigenvalue weighted by molar-refractivity contribution is -0.139. The number of pyridine rings is 1. The van der Waals surface area contributed by atoms with Gasteiger partial charge < -0.3 is 10.4 Å². The number of carboxylic acids is 1. The lowest BCUT2D eigenvalue weighted by Gasteiger charge is -2.03. The van der Waals surface area contributed by atoms with Gasteiger partial charge in [0.1, 0.15) is 0 Å². The Hall–Kier alpha value is -3.55. The van der Waals surface area contributed by atoms with Gasteiger partial charge in [0, 0.05) is 18.9 Å². The van der Waals surface area contributed by atoms with Crippen LogP contribution in [0.25, 0.3) is 0 Å². The van der Waals surface area contributed by atoms with Crippen molar-refractivity contribution >= 4 is 24.0 Å². The summed E-state index contributed by atoms with van der Waals surface area (Å²) >= 11 is 0. The van der Waals surface area contributed by atoms with Crippen molar-refractivity contribution in [3.63, 3.8) is 0 Å². The summed E-state index contributed by atoms with van der Waals surface area (Å²) in [6.45, 7) is 0.204. The second-order valence-corrected chi connectivity index (χ2v) is 4.66. The first-order valence-corrected chi connectivity index (χ1v) is 6.90. The molecule has 0 aliphatic carbocycles. The van der Waals surface area contributed by atoms with Crippen molar-refractivity contribution in [2.24, 2.45) is 5.10 Å². The summed E-state index contributed by atoms with van der Waals surface area (Å²) in [6, 6.07) is 9.32. The molecule has 0 fully saturated rings. The van der Waals surface area contributed by atoms with Crippen LogP contribution in [-0.2, 0) is 16.1 Å². The van der Waals surface area contributed by atoms with E-state index in [0.29, 0.717) is 5.56 Å². The molecule has 8 heteroatoms. The Labute approximate surface area is 137 Å². The number of hydrogen-bond donors (Lipinski definition) is 3. The fraction of sp³-hybridized carbons (Fsp3) is 0.0625. The van der Waals surface area contributed by atoms with Gasteiger partial charge in [-0.3, -0.25) is 14.6 Å². The normalized spacial score (nSPS) is 10.3. The lowest BCUT2D eigenvalue weighted by Crippen LogP contribution is -2.37. The molecule has 122 valence electrons. The van der Waals surface area contributed by atoms with Crippen molar-refractivity contribution in [2.75, 3.05) is 0 Å². The minimum Gasteiger partial charge on any atom is -0.478 e. The third-order valence-electron chi connectivity index (χ3n) is 2.95. The summed E-state index contributed by atoms with van der Waals surface area (Å²) in [6.07, 6.45) is 4.47. The zero-order chi connectivity index (χ0) is 17.4. The predicted molar refractivity (Wildman–Crippen MR) is 85.2 cm³/mol. The highest BCUT2D eigenvalue weighted by atomic mass is 16.4. The Bertz CT molecular complexity index is 757. The van der Waals surface area contributed by atoms with Gasteiger partial charge in [-0.25, -0.2) is 10.2 Å². The SMILES string of the molecule is O=C(NCc1ccncc1)C(=O)N/N=C\c1ccc(C(=O)O)cc1. The summed E-state index contributed by atoms with van der Waals surface area (Å²) in [7, 11) is 0. The number of amides is 2. The fourth-order valence-corrected chi connectivity index (χ4v) is 1.69. The Morgan fingerprint density at radius 2 is 1.71 bits per heavy atom. The maximum absolute atomic E-state index is 11.6. The smallest absolute Gasteiger partial charge is 0.335 e. The number of carboxylic acid groups (broad SMARTS) is 1. The molecule has 2 aromatic rings. The molecule has 0 aliphatic rings. The van der Waals surface area contributed by atoms with Crippen LogP contribution >= 0.6 is 0 Å². The van der Waals surface area contributed by atoms with E-state index in [1.165, 1.54) is 30.5 Å². The number of nitrogens with one attached hydrogen (secondary N) is 2. The first kappa shape index (κ1) is 16.8. The van der Waals surface area contributed by atoms with Crippen molar-refractivity contribution in [3.05, 3.63) is 65.5 Å². The first-order valence-electron chi connectivity index (χ1n) is 6.90. The zero-order valence-electron chi connectivity index (χ0n) is 12.5. The number of nitrogens with zero attached hydrogens (tertiary/aromatic N) is 2. The number of carbonyl (C=O) groups is 3. The van der Waals surface area contributed by atoms with Crippen LogP contribution in [0.4, 0.5) is 0 Å². The van der Waals surface area contributed by atoms with Crippen LogP contribution in [0, 0.1) is 0 Å². The summed E-state index contributed by atoms with van der Waals surface area (Å²) in [4.78, 5) is 37.7. The number of carbonyl (C=O) groups excluding carboxylic acids is 2. The zero-order valence-corrected chi connectivity index (χ0v) is 12.5. The van der Waals surface area contributed by atoms with E-state index in [0.717, 1.165) is 5.56 Å². The van der Waals surface area contributed by atoms with Crippen LogP contribution in [0.2, 0.25) is 0 Å². The van der Waals surface area contributed by atoms with Gasteiger partial charge in [-0.15, -0.1) is 0 Å². The average molecular weight is 326 g/mol. The van der Waals surface area contributed by atoms with Crippen molar-refractivity contribution in [1.29, 1.82) is 0 Å². The number of aromatic nitrogens is 1. The first-order chi connectivity index (χ1) is 11.6. The molecule has 0 aliphatic heterocycles. The highest BCUT2D eigenvalue weighted by Gasteiger charge is 2.11. The number of rotatable bonds is 5. The largest absolute Gasteiger partial charge is 0.478 e. The van der Waals surface area contributed by atoms with Gasteiger partial charge >= 0.3 is 17.8 Å². The molecule has 2 rings (SSSR count). The monoisotopic (exact) mass is 326 g/mol. The predicted octanol–water partition coefficient (Wildman–Crippen LogP) is 0.546. The Morgan fingerprint density at radius 1 is 1.04 bits per heavy atom. The summed E-state index contributed by atoms with van der Waals surface area (Å²) in [5.74, 6) is -2.75. The van der Waals surface area contributed by atoms with E-state index in [1.807, 2.05) is 0 Å². The molecule has 1 aromatic carbocycles. The molecule has 0 unspecified atom stereocenters. The van der Waals surface area contributed by atoms with Gasteiger partial charge in [0.15, 0.2) is 0 Å². The second kappa shape index (κ2) is 8.18. The fourth-order valence-electron chi connectivity index (χ4n) is 1.69. The second-order valence-electron chi connectivity index (χ2n) is 4.66. The molecule has 8 nitrogen and oxygen atoms in total. The number of aromatic carboxylic acids is 1. The molecule has 2 amide bonds. The summed E-state index contributed by atoms with van der Waals surface area (Å²) in [5.41, 5.74) is 3.63. The molecule has 0 spiro atoms. The van der Waals surface area contributed by atoms with Gasteiger partial charge in [0.25, 0.3) is 0 Å². The highest BCUT2D eigenvalue weighted by molar-refractivity contribution is 6.35. The third kappa shape index (κ3) is 5.02. The molecule has 0 saturated heterocycles. The molecule has 0 saturated carbocycles. The van der Waals surface area contributed by atoms with Crippen LogP contribution < -0.4 is 10.7 Å². The summed E-state index contributed by atoms with van der Waals surface area (Å²) in [5, 5.41) is 14.9. The maximum atomic E-state index is 11.6. The average Bonchev–Trinajstić information content (AvgIpc) is 2.61. The van der Waals surface area contributed by atoms with E-state index in [1.54, 1.807) is 24.5 Å². The minimum atomic E-state index is -1.03. The minimum absolute atomic E-state index is 0.145. The number of hydrazone groups is 1. The van der Waals surface area contributed by atoms with Gasteiger partial charge in [0.2, 0.25) is 0 Å². The number of hydrogen-bond acceptors (Lipinski definition) is 5. The van der Waals surface area contributed by atoms with Gasteiger partial charge in [0.05, 0.1) is 11.8 Å². The van der Waals surface area contributed by atoms with Crippen molar-refractivity contribution < 1.29 is 19.5 Å². The van der Waals surface area contributed by atoms with E-state index >= 15 is 0 Å². The molecular weight excluding hydrogens is 312 g/mol. The molecule has 1 aromatic heterocycles. The van der Waals surface area contributed by atoms with Crippen LogP contribution in [0.15, 0.2) is 53.9 Å². The van der Waals surface area contributed by atoms with E-state index in [-0.39, 0.29) is 12.1 Å². The molecule has 1 heterocycles. The number of benzene rings is 1. The highest BCUT2D eigenvalue weighted by Crippen LogP contribution is 2.02. The summed E-state index contributed by atoms with van der Waals surface area (Å²) < 4.78 is 0. The topological polar surface area (TPSA) is 121 Å². The van der Waals surface area contributed by atoms with Gasteiger partial charge in [-0.1, -0.05) is 12.1 Å². The van der Waals surface area contributed by atoms with Crippen LogP contribution in [0.5, 0.6) is 0 Å². The van der Waals surface area contributed by atoms with Gasteiger partial charge in [-0.2, -0.15) is 5.10 Å². The molecule has 3 N–H and O–H groups in total. The molecular formula is C16H14N4O4. The van der Waals surface area contributed by atoms with E-state index in [4.69, 9.17) is 5.11 Å².